The van der Waals surface area contributed by atoms with E-state index in [0.717, 1.165) is 11.3 Å². The molecule has 1 amide bonds. The predicted molar refractivity (Wildman–Crippen MR) is 74.5 cm³/mol. The second-order valence-electron chi connectivity index (χ2n) is 4.51. The van der Waals surface area contributed by atoms with Crippen LogP contribution in [0.15, 0.2) is 18.2 Å². The summed E-state index contributed by atoms with van der Waals surface area (Å²) in [6.45, 7) is 4.50. The van der Waals surface area contributed by atoms with E-state index in [1.807, 2.05) is 39.1 Å². The summed E-state index contributed by atoms with van der Waals surface area (Å²) in [4.78, 5) is 11.5. The first-order chi connectivity index (χ1) is 9.06. The van der Waals surface area contributed by atoms with Crippen LogP contribution in [0.5, 0.6) is 11.5 Å². The number of carbonyl (C=O) groups is 1. The maximum absolute atomic E-state index is 11.5. The number of methoxy groups -OCH3 is 1. The zero-order valence-electron chi connectivity index (χ0n) is 11.9. The molecule has 1 aromatic rings. The third-order valence-electron chi connectivity index (χ3n) is 2.44. The van der Waals surface area contributed by atoms with Gasteiger partial charge in [-0.3, -0.25) is 4.79 Å². The number of nitrogens with one attached hydrogen (secondary N) is 2. The molecule has 0 aliphatic rings. The fraction of sp³-hybridized carbons (Fsp3) is 0.500. The third kappa shape index (κ3) is 5.18. The molecule has 0 aromatic heterocycles. The fourth-order valence-electron chi connectivity index (χ4n) is 1.66. The lowest BCUT2D eigenvalue weighted by molar-refractivity contribution is -0.123. The lowest BCUT2D eigenvalue weighted by atomic mass is 10.2. The van der Waals surface area contributed by atoms with Crippen molar-refractivity contribution in [1.29, 1.82) is 0 Å². The van der Waals surface area contributed by atoms with Crippen LogP contribution in [-0.4, -0.2) is 32.7 Å². The van der Waals surface area contributed by atoms with E-state index in [9.17, 15) is 4.79 Å². The van der Waals surface area contributed by atoms with E-state index in [1.54, 1.807) is 7.11 Å². The number of benzene rings is 1. The minimum atomic E-state index is -0.124. The van der Waals surface area contributed by atoms with E-state index in [4.69, 9.17) is 9.47 Å². The van der Waals surface area contributed by atoms with E-state index in [0.29, 0.717) is 12.3 Å². The van der Waals surface area contributed by atoms with Gasteiger partial charge in [-0.2, -0.15) is 0 Å². The fourth-order valence-corrected chi connectivity index (χ4v) is 1.66. The molecule has 0 saturated carbocycles. The van der Waals surface area contributed by atoms with Gasteiger partial charge in [0.05, 0.1) is 7.11 Å². The summed E-state index contributed by atoms with van der Waals surface area (Å²) < 4.78 is 10.7. The summed E-state index contributed by atoms with van der Waals surface area (Å²) in [5.41, 5.74) is 0.958. The summed E-state index contributed by atoms with van der Waals surface area (Å²) in [6.07, 6.45) is 0. The van der Waals surface area contributed by atoms with Crippen LogP contribution in [0.1, 0.15) is 19.4 Å². The van der Waals surface area contributed by atoms with E-state index in [1.165, 1.54) is 0 Å². The maximum atomic E-state index is 11.5. The minimum Gasteiger partial charge on any atom is -0.497 e. The van der Waals surface area contributed by atoms with Crippen LogP contribution in [0, 0.1) is 0 Å². The molecule has 1 aromatic carbocycles. The third-order valence-corrected chi connectivity index (χ3v) is 2.44. The number of hydrogen-bond acceptors (Lipinski definition) is 4. The van der Waals surface area contributed by atoms with Gasteiger partial charge in [0.25, 0.3) is 5.91 Å². The number of amides is 1. The van der Waals surface area contributed by atoms with Gasteiger partial charge in [-0.05, 0) is 39.1 Å². The zero-order chi connectivity index (χ0) is 14.3. The van der Waals surface area contributed by atoms with Gasteiger partial charge in [-0.25, -0.2) is 0 Å². The second-order valence-corrected chi connectivity index (χ2v) is 4.51. The van der Waals surface area contributed by atoms with E-state index < -0.39 is 0 Å². The first-order valence-corrected chi connectivity index (χ1v) is 6.30. The Morgan fingerprint density at radius 3 is 2.68 bits per heavy atom. The number of hydrogen-bond donors (Lipinski definition) is 2. The van der Waals surface area contributed by atoms with Crippen LogP contribution in [0.3, 0.4) is 0 Å². The lowest BCUT2D eigenvalue weighted by Crippen LogP contribution is -2.34. The van der Waals surface area contributed by atoms with Crippen molar-refractivity contribution in [3.8, 4) is 11.5 Å². The zero-order valence-corrected chi connectivity index (χ0v) is 11.9. The van der Waals surface area contributed by atoms with Crippen molar-refractivity contribution in [2.75, 3.05) is 20.8 Å². The molecule has 0 bridgehead atoms. The molecule has 0 unspecified atom stereocenters. The normalized spacial score (nSPS) is 10.4. The molecule has 0 aliphatic carbocycles. The first kappa shape index (κ1) is 15.3. The Morgan fingerprint density at radius 1 is 1.37 bits per heavy atom. The Labute approximate surface area is 114 Å². The van der Waals surface area contributed by atoms with E-state index >= 15 is 0 Å². The molecule has 0 atom stereocenters. The number of rotatable bonds is 7. The Morgan fingerprint density at radius 2 is 2.11 bits per heavy atom. The van der Waals surface area contributed by atoms with Gasteiger partial charge in [0.1, 0.15) is 11.5 Å². The molecule has 0 saturated heterocycles. The monoisotopic (exact) mass is 266 g/mol. The molecular weight excluding hydrogens is 244 g/mol. The Bertz CT molecular complexity index is 419. The molecule has 106 valence electrons. The highest BCUT2D eigenvalue weighted by molar-refractivity contribution is 5.77. The molecule has 0 fully saturated rings. The summed E-state index contributed by atoms with van der Waals surface area (Å²) in [7, 11) is 3.48. The standard InChI is InChI=1S/C14H22N2O3/c1-10(2)16-14(17)9-19-13-6-5-12(18-4)7-11(13)8-15-3/h5-7,10,15H,8-9H2,1-4H3,(H,16,17). The molecule has 0 spiro atoms. The molecule has 0 aliphatic heterocycles. The highest BCUT2D eigenvalue weighted by Gasteiger charge is 2.08. The summed E-state index contributed by atoms with van der Waals surface area (Å²) >= 11 is 0. The predicted octanol–water partition coefficient (Wildman–Crippen LogP) is 1.32. The smallest absolute Gasteiger partial charge is 0.258 e. The highest BCUT2D eigenvalue weighted by Crippen LogP contribution is 2.24. The van der Waals surface area contributed by atoms with Crippen LogP contribution in [0.25, 0.3) is 0 Å². The van der Waals surface area contributed by atoms with Crippen molar-refractivity contribution >= 4 is 5.91 Å². The van der Waals surface area contributed by atoms with Crippen LogP contribution in [0.4, 0.5) is 0 Å². The molecule has 19 heavy (non-hydrogen) atoms. The van der Waals surface area contributed by atoms with Gasteiger partial charge in [0, 0.05) is 18.2 Å². The lowest BCUT2D eigenvalue weighted by Gasteiger charge is -2.13. The first-order valence-electron chi connectivity index (χ1n) is 6.30. The highest BCUT2D eigenvalue weighted by atomic mass is 16.5. The number of carbonyl (C=O) groups excluding carboxylic acids is 1. The average molecular weight is 266 g/mol. The maximum Gasteiger partial charge on any atom is 0.258 e. The van der Waals surface area contributed by atoms with Crippen molar-refractivity contribution < 1.29 is 14.3 Å². The van der Waals surface area contributed by atoms with Crippen LogP contribution in [0.2, 0.25) is 0 Å². The Balaban J connectivity index is 2.68. The quantitative estimate of drug-likeness (QED) is 0.781. The Kier molecular flexibility index (Phi) is 6.15. The van der Waals surface area contributed by atoms with Crippen molar-refractivity contribution in [3.63, 3.8) is 0 Å². The van der Waals surface area contributed by atoms with Crippen molar-refractivity contribution in [3.05, 3.63) is 23.8 Å². The molecule has 5 nitrogen and oxygen atoms in total. The van der Waals surface area contributed by atoms with Gasteiger partial charge in [-0.15, -0.1) is 0 Å². The number of ether oxygens (including phenoxy) is 2. The summed E-state index contributed by atoms with van der Waals surface area (Å²) in [6, 6.07) is 5.64. The molecule has 1 rings (SSSR count). The van der Waals surface area contributed by atoms with Gasteiger partial charge in [-0.1, -0.05) is 0 Å². The largest absolute Gasteiger partial charge is 0.497 e. The van der Waals surface area contributed by atoms with E-state index in [2.05, 4.69) is 10.6 Å². The molecule has 2 N–H and O–H groups in total. The van der Waals surface area contributed by atoms with Crippen molar-refractivity contribution in [2.45, 2.75) is 26.4 Å². The molecule has 0 radical (unpaired) electrons. The van der Waals surface area contributed by atoms with Gasteiger partial charge in [0.2, 0.25) is 0 Å². The molecule has 0 heterocycles. The SMILES string of the molecule is CNCc1cc(OC)ccc1OCC(=O)NC(C)C. The molecule has 5 heteroatoms. The van der Waals surface area contributed by atoms with E-state index in [-0.39, 0.29) is 18.6 Å². The van der Waals surface area contributed by atoms with Gasteiger partial charge < -0.3 is 20.1 Å². The second kappa shape index (κ2) is 7.63. The van der Waals surface area contributed by atoms with Crippen molar-refractivity contribution in [2.24, 2.45) is 0 Å². The molecular formula is C14H22N2O3. The summed E-state index contributed by atoms with van der Waals surface area (Å²) in [5.74, 6) is 1.33. The van der Waals surface area contributed by atoms with Gasteiger partial charge in [0.15, 0.2) is 6.61 Å². The van der Waals surface area contributed by atoms with Crippen molar-refractivity contribution in [1.82, 2.24) is 10.6 Å². The average Bonchev–Trinajstić information content (AvgIpc) is 2.36. The summed E-state index contributed by atoms with van der Waals surface area (Å²) in [5, 5.41) is 5.84. The minimum absolute atomic E-state index is 0.0151. The topological polar surface area (TPSA) is 59.6 Å². The van der Waals surface area contributed by atoms with Crippen LogP contribution < -0.4 is 20.1 Å². The van der Waals surface area contributed by atoms with Crippen LogP contribution >= 0.6 is 0 Å². The Hall–Kier alpha value is -1.75. The van der Waals surface area contributed by atoms with Crippen LogP contribution in [-0.2, 0) is 11.3 Å². The van der Waals surface area contributed by atoms with Gasteiger partial charge >= 0.3 is 0 Å².